The monoisotopic (exact) mass is 676 g/mol. The zero-order valence-corrected chi connectivity index (χ0v) is 26.3. The highest BCUT2D eigenvalue weighted by Crippen LogP contribution is 2.37. The number of hydrogen-bond donors (Lipinski definition) is 1. The van der Waals surface area contributed by atoms with E-state index in [1.54, 1.807) is 17.2 Å². The van der Waals surface area contributed by atoms with Crippen LogP contribution in [-0.4, -0.2) is 106 Å². The molecular weight excluding hydrogens is 646 g/mol. The van der Waals surface area contributed by atoms with Gasteiger partial charge in [0.05, 0.1) is 17.6 Å². The molecule has 5 heterocycles. The summed E-state index contributed by atoms with van der Waals surface area (Å²) in [5.74, 6) is -0.258. The largest absolute Gasteiger partial charge is 0.434 e. The molecule has 0 unspecified atom stereocenters. The number of hydrogen-bond acceptors (Lipinski definition) is 9. The molecule has 0 saturated carbocycles. The minimum absolute atomic E-state index is 0.0757. The number of nitrogens with one attached hydrogen (secondary N) is 1. The summed E-state index contributed by atoms with van der Waals surface area (Å²) in [6.45, 7) is 0.116. The van der Waals surface area contributed by atoms with E-state index in [-0.39, 0.29) is 63.3 Å². The SMILES string of the molecule is CS(=O)(=O)CCCN1C[C@@H]2CN(C(=O)Cn3cc(NC(=O)c4cnn5cccnc45)c(-c4cc(Cl)ccc4OC(F)F)n3)C[C@@H]2C1. The third kappa shape index (κ3) is 7.13. The van der Waals surface area contributed by atoms with Gasteiger partial charge in [0.25, 0.3) is 5.91 Å². The van der Waals surface area contributed by atoms with E-state index in [2.05, 4.69) is 25.4 Å². The summed E-state index contributed by atoms with van der Waals surface area (Å²) < 4.78 is 57.0. The molecule has 2 saturated heterocycles. The van der Waals surface area contributed by atoms with Crippen molar-refractivity contribution < 1.29 is 31.5 Å². The average Bonchev–Trinajstić information content (AvgIpc) is 3.75. The number of aromatic nitrogens is 5. The van der Waals surface area contributed by atoms with Crippen molar-refractivity contribution in [3.8, 4) is 17.0 Å². The second kappa shape index (κ2) is 12.9. The molecule has 3 aromatic heterocycles. The van der Waals surface area contributed by atoms with Crippen LogP contribution >= 0.6 is 11.6 Å². The van der Waals surface area contributed by atoms with Crippen LogP contribution in [0.25, 0.3) is 16.9 Å². The summed E-state index contributed by atoms with van der Waals surface area (Å²) in [7, 11) is -3.00. The van der Waals surface area contributed by atoms with Crippen molar-refractivity contribution >= 4 is 44.6 Å². The van der Waals surface area contributed by atoms with Gasteiger partial charge in [0.15, 0.2) is 5.65 Å². The first-order chi connectivity index (χ1) is 21.9. The Hall–Kier alpha value is -4.15. The number of benzene rings is 1. The lowest BCUT2D eigenvalue weighted by Crippen LogP contribution is -2.35. The van der Waals surface area contributed by atoms with Crippen LogP contribution in [0.4, 0.5) is 14.5 Å². The number of alkyl halides is 2. The van der Waals surface area contributed by atoms with Crippen LogP contribution in [-0.2, 0) is 21.2 Å². The molecule has 2 aliphatic rings. The van der Waals surface area contributed by atoms with Gasteiger partial charge in [-0.3, -0.25) is 14.3 Å². The van der Waals surface area contributed by atoms with E-state index in [1.165, 1.54) is 52.2 Å². The van der Waals surface area contributed by atoms with Crippen LogP contribution in [0.3, 0.4) is 0 Å². The Morgan fingerprint density at radius 1 is 1.17 bits per heavy atom. The van der Waals surface area contributed by atoms with Crippen LogP contribution in [0.1, 0.15) is 16.8 Å². The zero-order chi connectivity index (χ0) is 32.6. The lowest BCUT2D eigenvalue weighted by molar-refractivity contribution is -0.131. The van der Waals surface area contributed by atoms with E-state index < -0.39 is 22.4 Å². The van der Waals surface area contributed by atoms with Gasteiger partial charge in [0.1, 0.15) is 33.4 Å². The Labute approximate surface area is 268 Å². The van der Waals surface area contributed by atoms with Crippen molar-refractivity contribution in [3.63, 3.8) is 0 Å². The highest BCUT2D eigenvalue weighted by atomic mass is 35.5. The molecule has 1 aromatic carbocycles. The van der Waals surface area contributed by atoms with Crippen LogP contribution in [0, 0.1) is 11.8 Å². The maximum atomic E-state index is 13.4. The maximum Gasteiger partial charge on any atom is 0.387 e. The number of amides is 2. The van der Waals surface area contributed by atoms with E-state index in [9.17, 15) is 26.8 Å². The zero-order valence-electron chi connectivity index (χ0n) is 24.7. The third-order valence-electron chi connectivity index (χ3n) is 8.15. The molecule has 13 nitrogen and oxygen atoms in total. The molecular formula is C29H31ClF2N8O5S. The number of nitrogens with zero attached hydrogens (tertiary/aromatic N) is 7. The fourth-order valence-electron chi connectivity index (χ4n) is 6.12. The van der Waals surface area contributed by atoms with E-state index in [1.807, 2.05) is 0 Å². The molecule has 2 aliphatic heterocycles. The molecule has 0 spiro atoms. The van der Waals surface area contributed by atoms with Gasteiger partial charge in [-0.25, -0.2) is 17.9 Å². The highest BCUT2D eigenvalue weighted by molar-refractivity contribution is 7.90. The van der Waals surface area contributed by atoms with E-state index in [0.29, 0.717) is 31.7 Å². The molecule has 1 N–H and O–H groups in total. The standard InChI is InChI=1S/C29H31ClF2N8O5S/c1-46(43,44)9-3-7-37-12-18-14-38(15-19(18)13-37)25(41)17-39-16-23(35-28(42)22-11-34-40-8-2-6-33-27(22)40)26(36-39)21-10-20(30)4-5-24(21)45-29(31)32/h2,4-6,8,10-11,16,18-19,29H,3,7,9,12-15,17H2,1H3,(H,35,42)/t18-,19+. The molecule has 244 valence electrons. The predicted octanol–water partition coefficient (Wildman–Crippen LogP) is 2.92. The molecule has 2 atom stereocenters. The summed E-state index contributed by atoms with van der Waals surface area (Å²) in [6.07, 6.45) is 7.78. The van der Waals surface area contributed by atoms with Crippen LogP contribution in [0.2, 0.25) is 5.02 Å². The van der Waals surface area contributed by atoms with Gasteiger partial charge in [0.2, 0.25) is 5.91 Å². The summed E-state index contributed by atoms with van der Waals surface area (Å²) >= 11 is 6.21. The average molecular weight is 677 g/mol. The van der Waals surface area contributed by atoms with E-state index >= 15 is 0 Å². The lowest BCUT2D eigenvalue weighted by Gasteiger charge is -2.21. The molecule has 2 fully saturated rings. The second-order valence-electron chi connectivity index (χ2n) is 11.6. The molecule has 0 aliphatic carbocycles. The van der Waals surface area contributed by atoms with Crippen molar-refractivity contribution in [1.82, 2.24) is 34.2 Å². The molecule has 2 amide bonds. The van der Waals surface area contributed by atoms with E-state index in [0.717, 1.165) is 13.1 Å². The van der Waals surface area contributed by atoms with Crippen molar-refractivity contribution in [2.24, 2.45) is 11.8 Å². The smallest absolute Gasteiger partial charge is 0.387 e. The number of carbonyl (C=O) groups is 2. The summed E-state index contributed by atoms with van der Waals surface area (Å²) in [5, 5.41) is 11.6. The fraction of sp³-hybridized carbons (Fsp3) is 0.414. The molecule has 46 heavy (non-hydrogen) atoms. The second-order valence-corrected chi connectivity index (χ2v) is 14.3. The first-order valence-electron chi connectivity index (χ1n) is 14.5. The van der Waals surface area contributed by atoms with Gasteiger partial charge in [0, 0.05) is 61.6 Å². The van der Waals surface area contributed by atoms with Gasteiger partial charge < -0.3 is 19.9 Å². The van der Waals surface area contributed by atoms with Gasteiger partial charge in [-0.15, -0.1) is 0 Å². The van der Waals surface area contributed by atoms with Gasteiger partial charge in [-0.1, -0.05) is 11.6 Å². The Balaban J connectivity index is 1.20. The van der Waals surface area contributed by atoms with Crippen LogP contribution in [0.15, 0.2) is 49.1 Å². The molecule has 4 aromatic rings. The van der Waals surface area contributed by atoms with Crippen molar-refractivity contribution in [2.75, 3.05) is 50.0 Å². The van der Waals surface area contributed by atoms with Gasteiger partial charge in [-0.2, -0.15) is 19.0 Å². The summed E-state index contributed by atoms with van der Waals surface area (Å²) in [5.41, 5.74) is 0.782. The van der Waals surface area contributed by atoms with E-state index in [4.69, 9.17) is 16.3 Å². The fourth-order valence-corrected chi connectivity index (χ4v) is 6.95. The first-order valence-corrected chi connectivity index (χ1v) is 17.0. The molecule has 6 rings (SSSR count). The molecule has 0 radical (unpaired) electrons. The Bertz CT molecular complexity index is 1870. The Morgan fingerprint density at radius 2 is 1.93 bits per heavy atom. The number of halogens is 3. The van der Waals surface area contributed by atoms with Crippen molar-refractivity contribution in [3.05, 3.63) is 59.6 Å². The number of likely N-dealkylation sites (tertiary alicyclic amines) is 2. The summed E-state index contributed by atoms with van der Waals surface area (Å²) in [4.78, 5) is 35.0. The first kappa shape index (κ1) is 31.8. The number of sulfone groups is 1. The minimum atomic E-state index is -3.13. The van der Waals surface area contributed by atoms with Crippen LogP contribution < -0.4 is 10.1 Å². The summed E-state index contributed by atoms with van der Waals surface area (Å²) in [6, 6.07) is 5.73. The Morgan fingerprint density at radius 3 is 2.65 bits per heavy atom. The predicted molar refractivity (Wildman–Crippen MR) is 165 cm³/mol. The van der Waals surface area contributed by atoms with Crippen molar-refractivity contribution in [1.29, 1.82) is 0 Å². The van der Waals surface area contributed by atoms with Gasteiger partial charge in [-0.05, 0) is 49.1 Å². The Kier molecular flexibility index (Phi) is 8.94. The molecule has 17 heteroatoms. The normalized spacial score (nSPS) is 18.4. The number of fused-ring (bicyclic) bond motifs is 2. The van der Waals surface area contributed by atoms with Crippen molar-refractivity contribution in [2.45, 2.75) is 19.6 Å². The van der Waals surface area contributed by atoms with Crippen LogP contribution in [0.5, 0.6) is 5.75 Å². The van der Waals surface area contributed by atoms with Gasteiger partial charge >= 0.3 is 6.61 Å². The lowest BCUT2D eigenvalue weighted by atomic mass is 10.0. The highest BCUT2D eigenvalue weighted by Gasteiger charge is 2.41. The topological polar surface area (TPSA) is 144 Å². The number of ether oxygens (including phenoxy) is 1. The number of anilines is 1. The number of rotatable bonds is 11. The molecule has 0 bridgehead atoms. The minimum Gasteiger partial charge on any atom is -0.434 e. The third-order valence-corrected chi connectivity index (χ3v) is 9.41. The maximum absolute atomic E-state index is 13.4. The number of carbonyl (C=O) groups excluding carboxylic acids is 2. The quantitative estimate of drug-likeness (QED) is 0.254.